The van der Waals surface area contributed by atoms with Crippen LogP contribution >= 0.6 is 23.9 Å². The number of benzene rings is 2. The Morgan fingerprint density at radius 1 is 0.923 bits per heavy atom. The second-order valence-electron chi connectivity index (χ2n) is 6.25. The number of fused-ring (bicyclic) bond motifs is 2. The fourth-order valence-corrected chi connectivity index (χ4v) is 5.58. The van der Waals surface area contributed by atoms with Crippen LogP contribution in [0.15, 0.2) is 34.1 Å². The lowest BCUT2D eigenvalue weighted by atomic mass is 9.94. The maximum Gasteiger partial charge on any atom is 0.240 e. The minimum Gasteiger partial charge on any atom is -0.508 e. The molecule has 0 spiro atoms. The van der Waals surface area contributed by atoms with Crippen LogP contribution < -0.4 is 0 Å². The molecule has 1 heterocycles. The highest BCUT2D eigenvalue weighted by molar-refractivity contribution is 8.12. The average molecular weight is 390 g/mol. The number of phenols is 2. The van der Waals surface area contributed by atoms with Crippen molar-refractivity contribution in [3.8, 4) is 11.5 Å². The van der Waals surface area contributed by atoms with E-state index < -0.39 is 0 Å². The molecule has 138 valence electrons. The summed E-state index contributed by atoms with van der Waals surface area (Å²) in [5, 5.41) is 20.6. The smallest absolute Gasteiger partial charge is 0.240 e. The third-order valence-electron chi connectivity index (χ3n) is 4.68. The molecule has 4 nitrogen and oxygen atoms in total. The van der Waals surface area contributed by atoms with E-state index in [1.807, 2.05) is 26.0 Å². The van der Waals surface area contributed by atoms with Crippen molar-refractivity contribution in [2.75, 3.05) is 0 Å². The lowest BCUT2D eigenvalue weighted by Gasteiger charge is -2.20. The van der Waals surface area contributed by atoms with E-state index >= 15 is 0 Å². The predicted molar refractivity (Wildman–Crippen MR) is 107 cm³/mol. The molecule has 3 rings (SSSR count). The summed E-state index contributed by atoms with van der Waals surface area (Å²) in [4.78, 5) is 14.2. The number of nitrogens with zero attached hydrogens (tertiary/aromatic N) is 1. The van der Waals surface area contributed by atoms with Crippen LogP contribution in [0.5, 0.6) is 11.5 Å². The summed E-state index contributed by atoms with van der Waals surface area (Å²) in [5.74, 6) is 0.566. The standard InChI is InChI=1S/C20H23NO3S2/c1-4-13-15-6-7-16-14(5-2)18(24)9-11-20(16)26-21(12(3)22)25-19(15)10-8-17(13)23/h8-11,23-24H,4-7H2,1-3H3. The molecule has 0 atom stereocenters. The zero-order valence-electron chi connectivity index (χ0n) is 15.2. The van der Waals surface area contributed by atoms with Gasteiger partial charge >= 0.3 is 0 Å². The highest BCUT2D eigenvalue weighted by atomic mass is 32.2. The van der Waals surface area contributed by atoms with Crippen molar-refractivity contribution >= 4 is 29.8 Å². The molecule has 0 radical (unpaired) electrons. The Morgan fingerprint density at radius 2 is 1.35 bits per heavy atom. The summed E-state index contributed by atoms with van der Waals surface area (Å²) in [6.45, 7) is 5.61. The maximum absolute atomic E-state index is 12.2. The van der Waals surface area contributed by atoms with Gasteiger partial charge in [-0.1, -0.05) is 13.8 Å². The molecule has 1 aliphatic rings. The third-order valence-corrected chi connectivity index (χ3v) is 7.13. The first-order valence-electron chi connectivity index (χ1n) is 8.80. The molecule has 2 aromatic rings. The molecule has 6 heteroatoms. The first-order chi connectivity index (χ1) is 12.5. The number of rotatable bonds is 2. The van der Waals surface area contributed by atoms with Gasteiger partial charge in [-0.15, -0.1) is 0 Å². The number of carbonyl (C=O) groups is 1. The van der Waals surface area contributed by atoms with Crippen LogP contribution in [0, 0.1) is 0 Å². The van der Waals surface area contributed by atoms with Gasteiger partial charge in [0.1, 0.15) is 11.5 Å². The predicted octanol–water partition coefficient (Wildman–Crippen LogP) is 4.88. The van der Waals surface area contributed by atoms with E-state index in [0.29, 0.717) is 11.5 Å². The summed E-state index contributed by atoms with van der Waals surface area (Å²) in [5.41, 5.74) is 4.04. The highest BCUT2D eigenvalue weighted by Gasteiger charge is 2.24. The monoisotopic (exact) mass is 389 g/mol. The van der Waals surface area contributed by atoms with Crippen LogP contribution in [0.25, 0.3) is 0 Å². The largest absolute Gasteiger partial charge is 0.508 e. The SMILES string of the molecule is CCc1c(O)ccc2c1CCc1c(ccc(O)c1CC)SN(C(C)=O)S2. The molecule has 0 bridgehead atoms. The summed E-state index contributed by atoms with van der Waals surface area (Å²) in [6, 6.07) is 7.20. The van der Waals surface area contributed by atoms with Crippen molar-refractivity contribution in [2.45, 2.75) is 56.2 Å². The van der Waals surface area contributed by atoms with Crippen molar-refractivity contribution in [3.63, 3.8) is 0 Å². The van der Waals surface area contributed by atoms with Gasteiger partial charge in [-0.25, -0.2) is 3.71 Å². The number of hydrogen-bond acceptors (Lipinski definition) is 5. The summed E-state index contributed by atoms with van der Waals surface area (Å²) >= 11 is 2.81. The maximum atomic E-state index is 12.2. The van der Waals surface area contributed by atoms with Gasteiger partial charge in [0.15, 0.2) is 0 Å². The lowest BCUT2D eigenvalue weighted by molar-refractivity contribution is -0.120. The van der Waals surface area contributed by atoms with Gasteiger partial charge in [-0.05, 0) is 72.2 Å². The van der Waals surface area contributed by atoms with E-state index in [1.54, 1.807) is 22.8 Å². The van der Waals surface area contributed by atoms with E-state index in [4.69, 9.17) is 0 Å². The van der Waals surface area contributed by atoms with E-state index in [1.165, 1.54) is 23.9 Å². The molecule has 1 aliphatic heterocycles. The first kappa shape index (κ1) is 19.0. The summed E-state index contributed by atoms with van der Waals surface area (Å²) < 4.78 is 1.68. The van der Waals surface area contributed by atoms with Crippen LogP contribution in [0.2, 0.25) is 0 Å². The van der Waals surface area contributed by atoms with Crippen LogP contribution in [-0.4, -0.2) is 19.8 Å². The minimum atomic E-state index is -0.0453. The fraction of sp³-hybridized carbons (Fsp3) is 0.350. The zero-order valence-corrected chi connectivity index (χ0v) is 16.8. The minimum absolute atomic E-state index is 0.0453. The average Bonchev–Trinajstić information content (AvgIpc) is 2.69. The number of carbonyl (C=O) groups excluding carboxylic acids is 1. The molecule has 0 saturated heterocycles. The quantitative estimate of drug-likeness (QED) is 0.717. The normalized spacial score (nSPS) is 14.0. The Kier molecular flexibility index (Phi) is 5.73. The van der Waals surface area contributed by atoms with Gasteiger partial charge < -0.3 is 10.2 Å². The van der Waals surface area contributed by atoms with Gasteiger partial charge in [-0.3, -0.25) is 4.79 Å². The second-order valence-corrected chi connectivity index (χ2v) is 8.45. The Labute approximate surface area is 162 Å². The lowest BCUT2D eigenvalue weighted by Crippen LogP contribution is -2.13. The molecule has 2 N–H and O–H groups in total. The van der Waals surface area contributed by atoms with Gasteiger partial charge in [0.25, 0.3) is 0 Å². The molecule has 0 saturated carbocycles. The van der Waals surface area contributed by atoms with Gasteiger partial charge in [-0.2, -0.15) is 0 Å². The Morgan fingerprint density at radius 3 is 1.69 bits per heavy atom. The Balaban J connectivity index is 2.17. The number of phenolic OH excluding ortho intramolecular Hbond substituents is 2. The Hall–Kier alpha value is -1.79. The molecule has 0 aliphatic carbocycles. The van der Waals surface area contributed by atoms with Gasteiger partial charge in [0.05, 0.1) is 0 Å². The molecule has 2 aromatic carbocycles. The van der Waals surface area contributed by atoms with Crippen LogP contribution in [-0.2, 0) is 30.5 Å². The molecular weight excluding hydrogens is 366 g/mol. The van der Waals surface area contributed by atoms with E-state index in [2.05, 4.69) is 0 Å². The summed E-state index contributed by atoms with van der Waals surface area (Å²) in [6.07, 6.45) is 2.98. The van der Waals surface area contributed by atoms with Gasteiger partial charge in [0, 0.05) is 40.6 Å². The number of hydrogen-bond donors (Lipinski definition) is 2. The highest BCUT2D eigenvalue weighted by Crippen LogP contribution is 2.43. The molecule has 0 fully saturated rings. The topological polar surface area (TPSA) is 60.8 Å². The van der Waals surface area contributed by atoms with Crippen molar-refractivity contribution in [3.05, 3.63) is 46.5 Å². The van der Waals surface area contributed by atoms with Gasteiger partial charge in [0.2, 0.25) is 5.91 Å². The number of amides is 1. The molecule has 0 aromatic heterocycles. The van der Waals surface area contributed by atoms with Crippen LogP contribution in [0.1, 0.15) is 43.0 Å². The van der Waals surface area contributed by atoms with Crippen molar-refractivity contribution in [1.29, 1.82) is 0 Å². The third kappa shape index (κ3) is 3.53. The number of aromatic hydroxyl groups is 2. The summed E-state index contributed by atoms with van der Waals surface area (Å²) in [7, 11) is 0. The first-order valence-corrected chi connectivity index (χ1v) is 10.3. The second kappa shape index (κ2) is 7.84. The molecular formula is C20H23NO3S2. The zero-order chi connectivity index (χ0) is 18.8. The van der Waals surface area contributed by atoms with Crippen LogP contribution in [0.4, 0.5) is 0 Å². The molecule has 26 heavy (non-hydrogen) atoms. The Bertz CT molecular complexity index is 788. The van der Waals surface area contributed by atoms with Crippen molar-refractivity contribution < 1.29 is 15.0 Å². The van der Waals surface area contributed by atoms with Crippen molar-refractivity contribution in [2.24, 2.45) is 0 Å². The van der Waals surface area contributed by atoms with Crippen LogP contribution in [0.3, 0.4) is 0 Å². The molecule has 0 unspecified atom stereocenters. The van der Waals surface area contributed by atoms with E-state index in [9.17, 15) is 15.0 Å². The van der Waals surface area contributed by atoms with E-state index in [-0.39, 0.29) is 5.91 Å². The molecule has 1 amide bonds. The van der Waals surface area contributed by atoms with E-state index in [0.717, 1.165) is 57.7 Å². The van der Waals surface area contributed by atoms with Crippen molar-refractivity contribution in [1.82, 2.24) is 3.71 Å². The fourth-order valence-electron chi connectivity index (χ4n) is 3.40.